The van der Waals surface area contributed by atoms with Gasteiger partial charge in [-0.25, -0.2) is 17.1 Å². The molecule has 2 rings (SSSR count). The lowest BCUT2D eigenvalue weighted by Gasteiger charge is -2.31. The zero-order chi connectivity index (χ0) is 14.8. The second-order valence-corrected chi connectivity index (χ2v) is 7.34. The zero-order valence-corrected chi connectivity index (χ0v) is 12.8. The van der Waals surface area contributed by atoms with Crippen LogP contribution < -0.4 is 5.32 Å². The minimum atomic E-state index is -3.37. The van der Waals surface area contributed by atoms with Crippen LogP contribution >= 0.6 is 11.6 Å². The van der Waals surface area contributed by atoms with Crippen LogP contribution in [-0.4, -0.2) is 38.9 Å². The Morgan fingerprint density at radius 3 is 2.60 bits per heavy atom. The van der Waals surface area contributed by atoms with Gasteiger partial charge in [-0.1, -0.05) is 17.7 Å². The maximum Gasteiger partial charge on any atom is 0.218 e. The molecule has 1 heterocycles. The van der Waals surface area contributed by atoms with Crippen molar-refractivity contribution in [3.63, 3.8) is 0 Å². The Balaban J connectivity index is 2.05. The molecule has 4 nitrogen and oxygen atoms in total. The van der Waals surface area contributed by atoms with Crippen molar-refractivity contribution in [2.24, 2.45) is 0 Å². The van der Waals surface area contributed by atoms with Crippen molar-refractivity contribution in [1.29, 1.82) is 0 Å². The second kappa shape index (κ2) is 6.39. The topological polar surface area (TPSA) is 49.4 Å². The molecule has 0 amide bonds. The van der Waals surface area contributed by atoms with Gasteiger partial charge in [0.2, 0.25) is 10.0 Å². The van der Waals surface area contributed by atoms with E-state index in [1.165, 1.54) is 22.5 Å². The van der Waals surface area contributed by atoms with Gasteiger partial charge in [0, 0.05) is 19.1 Å². The number of sulfonamides is 1. The average Bonchev–Trinajstić information content (AvgIpc) is 2.43. The smallest absolute Gasteiger partial charge is 0.218 e. The van der Waals surface area contributed by atoms with Gasteiger partial charge in [0.15, 0.2) is 0 Å². The molecule has 0 aromatic heterocycles. The highest BCUT2D eigenvalue weighted by Crippen LogP contribution is 2.21. The lowest BCUT2D eigenvalue weighted by Crippen LogP contribution is -2.44. The van der Waals surface area contributed by atoms with E-state index in [1.54, 1.807) is 0 Å². The summed E-state index contributed by atoms with van der Waals surface area (Å²) in [4.78, 5) is 0. The van der Waals surface area contributed by atoms with E-state index in [9.17, 15) is 12.8 Å². The minimum absolute atomic E-state index is 0.0495. The largest absolute Gasteiger partial charge is 0.317 e. The first-order valence-corrected chi connectivity index (χ1v) is 8.50. The van der Waals surface area contributed by atoms with Gasteiger partial charge in [-0.05, 0) is 37.6 Å². The van der Waals surface area contributed by atoms with E-state index in [-0.39, 0.29) is 10.8 Å². The summed E-state index contributed by atoms with van der Waals surface area (Å²) in [6.45, 7) is 1.03. The molecule has 1 N–H and O–H groups in total. The van der Waals surface area contributed by atoms with Crippen LogP contribution in [0.2, 0.25) is 5.02 Å². The molecule has 1 aromatic rings. The van der Waals surface area contributed by atoms with Gasteiger partial charge in [0.1, 0.15) is 5.82 Å². The molecule has 20 heavy (non-hydrogen) atoms. The summed E-state index contributed by atoms with van der Waals surface area (Å²) in [7, 11) is -1.49. The van der Waals surface area contributed by atoms with E-state index in [1.807, 2.05) is 7.05 Å². The fourth-order valence-electron chi connectivity index (χ4n) is 2.35. The van der Waals surface area contributed by atoms with Crippen molar-refractivity contribution in [3.05, 3.63) is 34.6 Å². The Labute approximate surface area is 124 Å². The summed E-state index contributed by atoms with van der Waals surface area (Å²) in [6.07, 6.45) is 1.61. The van der Waals surface area contributed by atoms with E-state index < -0.39 is 15.8 Å². The predicted octanol–water partition coefficient (Wildman–Crippen LogP) is 1.99. The Hall–Kier alpha value is -0.690. The van der Waals surface area contributed by atoms with Crippen LogP contribution in [0.3, 0.4) is 0 Å². The summed E-state index contributed by atoms with van der Waals surface area (Å²) in [6, 6.07) is 4.40. The van der Waals surface area contributed by atoms with Gasteiger partial charge in [0.05, 0.1) is 10.8 Å². The summed E-state index contributed by atoms with van der Waals surface area (Å²) in [5.41, 5.74) is 0.507. The van der Waals surface area contributed by atoms with Crippen molar-refractivity contribution in [2.75, 3.05) is 20.1 Å². The third kappa shape index (κ3) is 3.69. The average molecular weight is 321 g/mol. The SMILES string of the molecule is CNC1CCN(S(=O)(=O)Cc2ccc(F)c(Cl)c2)CC1. The van der Waals surface area contributed by atoms with Gasteiger partial charge in [0.25, 0.3) is 0 Å². The molecule has 0 aliphatic carbocycles. The van der Waals surface area contributed by atoms with Crippen LogP contribution in [-0.2, 0) is 15.8 Å². The summed E-state index contributed by atoms with van der Waals surface area (Å²) < 4.78 is 39.2. The molecule has 1 aliphatic rings. The van der Waals surface area contributed by atoms with Crippen LogP contribution in [0.25, 0.3) is 0 Å². The lowest BCUT2D eigenvalue weighted by molar-refractivity contribution is 0.298. The van der Waals surface area contributed by atoms with Crippen molar-refractivity contribution >= 4 is 21.6 Å². The van der Waals surface area contributed by atoms with Crippen LogP contribution in [0.1, 0.15) is 18.4 Å². The van der Waals surface area contributed by atoms with E-state index >= 15 is 0 Å². The molecule has 1 aromatic carbocycles. The summed E-state index contributed by atoms with van der Waals surface area (Å²) >= 11 is 5.67. The first-order chi connectivity index (χ1) is 9.42. The number of hydrogen-bond acceptors (Lipinski definition) is 3. The van der Waals surface area contributed by atoms with Crippen LogP contribution in [0, 0.1) is 5.82 Å². The highest BCUT2D eigenvalue weighted by atomic mass is 35.5. The molecule has 1 aliphatic heterocycles. The first kappa shape index (κ1) is 15.7. The van der Waals surface area contributed by atoms with Crippen molar-refractivity contribution < 1.29 is 12.8 Å². The van der Waals surface area contributed by atoms with E-state index in [0.29, 0.717) is 24.7 Å². The highest BCUT2D eigenvalue weighted by molar-refractivity contribution is 7.88. The van der Waals surface area contributed by atoms with E-state index in [2.05, 4.69) is 5.32 Å². The standard InChI is InChI=1S/C13H18ClFN2O2S/c1-16-11-4-6-17(7-5-11)20(18,19)9-10-2-3-13(15)12(14)8-10/h2-3,8,11,16H,4-7,9H2,1H3. The Kier molecular flexibility index (Phi) is 5.01. The maximum absolute atomic E-state index is 13.1. The van der Waals surface area contributed by atoms with Gasteiger partial charge in [-0.15, -0.1) is 0 Å². The second-order valence-electron chi connectivity index (χ2n) is 4.97. The van der Waals surface area contributed by atoms with Crippen LogP contribution in [0.5, 0.6) is 0 Å². The Bertz CT molecular complexity index is 572. The van der Waals surface area contributed by atoms with E-state index in [4.69, 9.17) is 11.6 Å². The molecular formula is C13H18ClFN2O2S. The normalized spacial score (nSPS) is 18.4. The highest BCUT2D eigenvalue weighted by Gasteiger charge is 2.27. The Morgan fingerprint density at radius 1 is 1.40 bits per heavy atom. The number of nitrogens with one attached hydrogen (secondary N) is 1. The summed E-state index contributed by atoms with van der Waals surface area (Å²) in [5, 5.41) is 3.11. The van der Waals surface area contributed by atoms with Crippen LogP contribution in [0.4, 0.5) is 4.39 Å². The lowest BCUT2D eigenvalue weighted by atomic mass is 10.1. The third-order valence-electron chi connectivity index (χ3n) is 3.59. The van der Waals surface area contributed by atoms with Crippen molar-refractivity contribution in [3.8, 4) is 0 Å². The molecule has 1 saturated heterocycles. The molecule has 0 unspecified atom stereocenters. The number of rotatable bonds is 4. The van der Waals surface area contributed by atoms with Crippen LogP contribution in [0.15, 0.2) is 18.2 Å². The van der Waals surface area contributed by atoms with Gasteiger partial charge >= 0.3 is 0 Å². The third-order valence-corrected chi connectivity index (χ3v) is 5.73. The molecule has 1 fully saturated rings. The molecule has 0 radical (unpaired) electrons. The molecule has 0 bridgehead atoms. The molecule has 0 spiro atoms. The van der Waals surface area contributed by atoms with Gasteiger partial charge in [-0.3, -0.25) is 0 Å². The fraction of sp³-hybridized carbons (Fsp3) is 0.538. The van der Waals surface area contributed by atoms with E-state index in [0.717, 1.165) is 12.8 Å². The molecule has 0 saturated carbocycles. The maximum atomic E-state index is 13.1. The quantitative estimate of drug-likeness (QED) is 0.923. The fourth-order valence-corrected chi connectivity index (χ4v) is 4.11. The molecule has 0 atom stereocenters. The minimum Gasteiger partial charge on any atom is -0.317 e. The predicted molar refractivity (Wildman–Crippen MR) is 77.7 cm³/mol. The Morgan fingerprint density at radius 2 is 2.05 bits per heavy atom. The number of nitrogens with zero attached hydrogens (tertiary/aromatic N) is 1. The van der Waals surface area contributed by atoms with Crippen molar-refractivity contribution in [1.82, 2.24) is 9.62 Å². The molecule has 7 heteroatoms. The van der Waals surface area contributed by atoms with Gasteiger partial charge in [-0.2, -0.15) is 0 Å². The van der Waals surface area contributed by atoms with Gasteiger partial charge < -0.3 is 5.32 Å². The monoisotopic (exact) mass is 320 g/mol. The number of hydrogen-bond donors (Lipinski definition) is 1. The summed E-state index contributed by atoms with van der Waals surface area (Å²) in [5.74, 6) is -0.681. The van der Waals surface area contributed by atoms with Crippen molar-refractivity contribution in [2.45, 2.75) is 24.6 Å². The molecular weight excluding hydrogens is 303 g/mol. The molecule has 112 valence electrons. The number of halogens is 2. The first-order valence-electron chi connectivity index (χ1n) is 6.51. The zero-order valence-electron chi connectivity index (χ0n) is 11.3. The number of piperidine rings is 1. The number of benzene rings is 1.